The van der Waals surface area contributed by atoms with Crippen LogP contribution in [0.15, 0.2) is 18.2 Å². The van der Waals surface area contributed by atoms with Gasteiger partial charge in [0.1, 0.15) is 17.7 Å². The number of hydrogen-bond acceptors (Lipinski definition) is 6. The lowest BCUT2D eigenvalue weighted by Crippen LogP contribution is -2.49. The quantitative estimate of drug-likeness (QED) is 0.611. The Morgan fingerprint density at radius 2 is 1.97 bits per heavy atom. The number of Topliss-reactive ketones (excluding diaryl/α,β-unsaturated/α-hetero) is 1. The summed E-state index contributed by atoms with van der Waals surface area (Å²) in [7, 11) is 0. The number of carbonyl (C=O) groups is 2. The molecule has 35 heavy (non-hydrogen) atoms. The zero-order chi connectivity index (χ0) is 25.1. The standard InChI is InChI=1S/C26H32FN5O3/c1-17-18(2)32(15-21-5-4-12-35-21)26(22(17)14-28)29-25(34)16-30-8-10-31(11-9-30)24-7-6-20(19(3)33)13-23(24)27/h6-7,13,21H,4-5,8-12,15-16H2,1-3H3,(H,29,34)/t21-/m1/s1. The van der Waals surface area contributed by atoms with Crippen LogP contribution in [0.3, 0.4) is 0 Å². The van der Waals surface area contributed by atoms with E-state index in [0.29, 0.717) is 55.4 Å². The van der Waals surface area contributed by atoms with Gasteiger partial charge in [-0.15, -0.1) is 0 Å². The lowest BCUT2D eigenvalue weighted by molar-refractivity contribution is -0.117. The number of carbonyl (C=O) groups excluding carboxylic acids is 2. The van der Waals surface area contributed by atoms with Crippen LogP contribution in [0.25, 0.3) is 0 Å². The summed E-state index contributed by atoms with van der Waals surface area (Å²) in [5.41, 5.74) is 3.14. The Bertz CT molecular complexity index is 1150. The topological polar surface area (TPSA) is 90.6 Å². The number of nitrogens with one attached hydrogen (secondary N) is 1. The average Bonchev–Trinajstić information content (AvgIpc) is 3.42. The number of piperazine rings is 1. The maximum absolute atomic E-state index is 14.5. The Morgan fingerprint density at radius 3 is 2.57 bits per heavy atom. The molecule has 1 amide bonds. The van der Waals surface area contributed by atoms with Gasteiger partial charge in [-0.2, -0.15) is 5.26 Å². The predicted octanol–water partition coefficient (Wildman–Crippen LogP) is 3.26. The molecule has 2 aliphatic heterocycles. The molecule has 2 fully saturated rings. The van der Waals surface area contributed by atoms with Crippen LogP contribution in [-0.4, -0.2) is 66.6 Å². The summed E-state index contributed by atoms with van der Waals surface area (Å²) in [6, 6.07) is 6.81. The van der Waals surface area contributed by atoms with Crippen LogP contribution >= 0.6 is 0 Å². The largest absolute Gasteiger partial charge is 0.376 e. The van der Waals surface area contributed by atoms with Crippen LogP contribution in [0, 0.1) is 31.0 Å². The van der Waals surface area contributed by atoms with Gasteiger partial charge in [0.05, 0.1) is 30.4 Å². The molecule has 9 heteroatoms. The third kappa shape index (κ3) is 5.39. The van der Waals surface area contributed by atoms with E-state index in [-0.39, 0.29) is 24.3 Å². The number of nitriles is 1. The summed E-state index contributed by atoms with van der Waals surface area (Å²) >= 11 is 0. The summed E-state index contributed by atoms with van der Waals surface area (Å²) in [4.78, 5) is 28.4. The Labute approximate surface area is 205 Å². The van der Waals surface area contributed by atoms with Crippen molar-refractivity contribution in [3.8, 4) is 6.07 Å². The van der Waals surface area contributed by atoms with Crippen LogP contribution < -0.4 is 10.2 Å². The first-order chi connectivity index (χ1) is 16.8. The van der Waals surface area contributed by atoms with Crippen molar-refractivity contribution in [2.75, 3.05) is 49.5 Å². The van der Waals surface area contributed by atoms with E-state index in [1.807, 2.05) is 28.2 Å². The average molecular weight is 482 g/mol. The van der Waals surface area contributed by atoms with Crippen LogP contribution in [0.5, 0.6) is 0 Å². The second-order valence-electron chi connectivity index (χ2n) is 9.33. The Kier molecular flexibility index (Phi) is 7.53. The summed E-state index contributed by atoms with van der Waals surface area (Å²) in [5, 5.41) is 12.7. The van der Waals surface area contributed by atoms with Gasteiger partial charge in [0.2, 0.25) is 5.91 Å². The van der Waals surface area contributed by atoms with Gasteiger partial charge in [0, 0.05) is 44.0 Å². The molecular weight excluding hydrogens is 449 g/mol. The van der Waals surface area contributed by atoms with Crippen LogP contribution in [0.1, 0.15) is 46.9 Å². The van der Waals surface area contributed by atoms with Gasteiger partial charge >= 0.3 is 0 Å². The van der Waals surface area contributed by atoms with Crippen molar-refractivity contribution in [3.63, 3.8) is 0 Å². The fraction of sp³-hybridized carbons (Fsp3) is 0.500. The second-order valence-corrected chi connectivity index (χ2v) is 9.33. The normalized spacial score (nSPS) is 18.5. The van der Waals surface area contributed by atoms with Gasteiger partial charge < -0.3 is 19.5 Å². The number of amides is 1. The number of hydrogen-bond donors (Lipinski definition) is 1. The highest BCUT2D eigenvalue weighted by molar-refractivity contribution is 5.94. The fourth-order valence-electron chi connectivity index (χ4n) is 4.85. The van der Waals surface area contributed by atoms with E-state index in [9.17, 15) is 19.2 Å². The lowest BCUT2D eigenvalue weighted by Gasteiger charge is -2.35. The summed E-state index contributed by atoms with van der Waals surface area (Å²) in [6.07, 6.45) is 2.07. The number of anilines is 2. The molecule has 1 aromatic carbocycles. The first-order valence-electron chi connectivity index (χ1n) is 12.1. The number of nitrogens with zero attached hydrogens (tertiary/aromatic N) is 4. The minimum absolute atomic E-state index is 0.0840. The highest BCUT2D eigenvalue weighted by atomic mass is 19.1. The van der Waals surface area contributed by atoms with E-state index < -0.39 is 5.82 Å². The van der Waals surface area contributed by atoms with Gasteiger partial charge in [0.25, 0.3) is 0 Å². The second kappa shape index (κ2) is 10.6. The Hall–Kier alpha value is -3.22. The van der Waals surface area contributed by atoms with E-state index in [1.165, 1.54) is 13.0 Å². The Balaban J connectivity index is 1.38. The molecule has 2 aromatic rings. The molecule has 0 aliphatic carbocycles. The highest BCUT2D eigenvalue weighted by Gasteiger charge is 2.26. The number of halogens is 1. The zero-order valence-electron chi connectivity index (χ0n) is 20.6. The number of ether oxygens (including phenoxy) is 1. The molecule has 1 N–H and O–H groups in total. The molecule has 2 saturated heterocycles. The van der Waals surface area contributed by atoms with Gasteiger partial charge in [-0.05, 0) is 57.4 Å². The van der Waals surface area contributed by atoms with Crippen molar-refractivity contribution < 1.29 is 18.7 Å². The molecular formula is C26H32FN5O3. The van der Waals surface area contributed by atoms with E-state index >= 15 is 0 Å². The summed E-state index contributed by atoms with van der Waals surface area (Å²) < 4.78 is 22.3. The van der Waals surface area contributed by atoms with Crippen LogP contribution in [0.2, 0.25) is 0 Å². The number of rotatable bonds is 7. The highest BCUT2D eigenvalue weighted by Crippen LogP contribution is 2.28. The molecule has 186 valence electrons. The molecule has 0 saturated carbocycles. The first-order valence-corrected chi connectivity index (χ1v) is 12.1. The molecule has 0 spiro atoms. The van der Waals surface area contributed by atoms with Crippen molar-refractivity contribution in [1.29, 1.82) is 5.26 Å². The van der Waals surface area contributed by atoms with Crippen molar-refractivity contribution >= 4 is 23.2 Å². The number of ketones is 1. The molecule has 8 nitrogen and oxygen atoms in total. The van der Waals surface area contributed by atoms with Crippen molar-refractivity contribution in [1.82, 2.24) is 9.47 Å². The molecule has 1 atom stereocenters. The maximum atomic E-state index is 14.5. The first kappa shape index (κ1) is 24.9. The van der Waals surface area contributed by atoms with E-state index in [4.69, 9.17) is 4.74 Å². The van der Waals surface area contributed by atoms with Crippen molar-refractivity contribution in [2.45, 2.75) is 46.3 Å². The molecule has 0 unspecified atom stereocenters. The molecule has 2 aliphatic rings. The zero-order valence-corrected chi connectivity index (χ0v) is 20.6. The third-order valence-electron chi connectivity index (χ3n) is 7.04. The SMILES string of the molecule is CC(=O)c1ccc(N2CCN(CC(=O)Nc3c(C#N)c(C)c(C)n3C[C@H]3CCCO3)CC2)c(F)c1. The summed E-state index contributed by atoms with van der Waals surface area (Å²) in [5.74, 6) is -0.226. The number of benzene rings is 1. The minimum Gasteiger partial charge on any atom is -0.376 e. The molecule has 1 aromatic heterocycles. The molecule has 4 rings (SSSR count). The van der Waals surface area contributed by atoms with Crippen LogP contribution in [0.4, 0.5) is 15.9 Å². The van der Waals surface area contributed by atoms with Gasteiger partial charge in [0.15, 0.2) is 5.78 Å². The van der Waals surface area contributed by atoms with E-state index in [2.05, 4.69) is 11.4 Å². The molecule has 0 bridgehead atoms. The van der Waals surface area contributed by atoms with Crippen molar-refractivity contribution in [3.05, 3.63) is 46.4 Å². The smallest absolute Gasteiger partial charge is 0.239 e. The Morgan fingerprint density at radius 1 is 1.23 bits per heavy atom. The van der Waals surface area contributed by atoms with E-state index in [1.54, 1.807) is 12.1 Å². The van der Waals surface area contributed by atoms with Crippen molar-refractivity contribution in [2.24, 2.45) is 0 Å². The summed E-state index contributed by atoms with van der Waals surface area (Å²) in [6.45, 7) is 9.15. The van der Waals surface area contributed by atoms with Gasteiger partial charge in [-0.25, -0.2) is 4.39 Å². The monoisotopic (exact) mass is 481 g/mol. The number of aromatic nitrogens is 1. The fourth-order valence-corrected chi connectivity index (χ4v) is 4.85. The van der Waals surface area contributed by atoms with Gasteiger partial charge in [-0.1, -0.05) is 0 Å². The van der Waals surface area contributed by atoms with E-state index in [0.717, 1.165) is 30.7 Å². The molecule has 0 radical (unpaired) electrons. The predicted molar refractivity (Wildman–Crippen MR) is 131 cm³/mol. The third-order valence-corrected chi connectivity index (χ3v) is 7.04. The van der Waals surface area contributed by atoms with Crippen LogP contribution in [-0.2, 0) is 16.1 Å². The lowest BCUT2D eigenvalue weighted by atomic mass is 10.1. The maximum Gasteiger partial charge on any atom is 0.239 e. The molecule has 3 heterocycles. The minimum atomic E-state index is -0.411. The van der Waals surface area contributed by atoms with Gasteiger partial charge in [-0.3, -0.25) is 14.5 Å².